The van der Waals surface area contributed by atoms with Gasteiger partial charge in [0.1, 0.15) is 34.9 Å². The Morgan fingerprint density at radius 3 is 2.52 bits per heavy atom. The lowest BCUT2D eigenvalue weighted by Gasteiger charge is -2.12. The minimum absolute atomic E-state index is 0.0933. The van der Waals surface area contributed by atoms with E-state index in [1.807, 2.05) is 0 Å². The molecule has 0 saturated carbocycles. The molecule has 31 heavy (non-hydrogen) atoms. The van der Waals surface area contributed by atoms with Crippen molar-refractivity contribution in [3.63, 3.8) is 0 Å². The van der Waals surface area contributed by atoms with Crippen molar-refractivity contribution in [3.8, 4) is 5.88 Å². The number of ether oxygens (including phenoxy) is 1. The summed E-state index contributed by atoms with van der Waals surface area (Å²) in [4.78, 5) is 35.2. The van der Waals surface area contributed by atoms with E-state index in [0.29, 0.717) is 18.1 Å². The second-order valence-electron chi connectivity index (χ2n) is 5.94. The predicted molar refractivity (Wildman–Crippen MR) is 111 cm³/mol. The van der Waals surface area contributed by atoms with Crippen molar-refractivity contribution >= 4 is 50.3 Å². The van der Waals surface area contributed by atoms with Gasteiger partial charge in [-0.3, -0.25) is 14.9 Å². The molecule has 0 aliphatic heterocycles. The van der Waals surface area contributed by atoms with E-state index in [1.54, 1.807) is 6.92 Å². The lowest BCUT2D eigenvalue weighted by Crippen LogP contribution is -2.43. The number of nitrogens with one attached hydrogen (secondary N) is 3. The van der Waals surface area contributed by atoms with Gasteiger partial charge in [-0.2, -0.15) is 4.37 Å². The minimum atomic E-state index is -1.47. The molecule has 0 fully saturated rings. The summed E-state index contributed by atoms with van der Waals surface area (Å²) in [5.74, 6) is -3.73. The highest BCUT2D eigenvalue weighted by molar-refractivity contribution is 9.10. The number of anilines is 1. The number of halogens is 3. The third kappa shape index (κ3) is 6.57. The van der Waals surface area contributed by atoms with Gasteiger partial charge in [0.25, 0.3) is 11.8 Å². The van der Waals surface area contributed by atoms with Gasteiger partial charge in [-0.25, -0.2) is 13.6 Å². The lowest BCUT2D eigenvalue weighted by molar-refractivity contribution is -0.128. The molecule has 2 aromatic rings. The Balaban J connectivity index is 2.06. The second kappa shape index (κ2) is 11.0. The molecule has 1 atom stereocenters. The molecule has 0 radical (unpaired) electrons. The average Bonchev–Trinajstić information content (AvgIpc) is 3.08. The van der Waals surface area contributed by atoms with Crippen LogP contribution in [0.4, 0.5) is 18.6 Å². The molecule has 14 heteroatoms. The van der Waals surface area contributed by atoms with Gasteiger partial charge in [0.05, 0.1) is 12.1 Å². The number of benzene rings is 1. The van der Waals surface area contributed by atoms with Crippen LogP contribution in [0.15, 0.2) is 16.6 Å². The van der Waals surface area contributed by atoms with E-state index in [-0.39, 0.29) is 20.9 Å². The summed E-state index contributed by atoms with van der Waals surface area (Å²) in [6.07, 6.45) is -1.47. The standard InChI is InChI=1S/C17H18BrF2N5O5S/c1-2-22-14(28)11(26)5-23-17(29)24-16-12(13(21)27)15(25-31-16)30-6-8-9(19)3-7(18)4-10(8)20/h3-4,11,26H,2,5-6H2,1H3,(H2,21,27)(H,22,28)(H2,23,24,29). The quantitative estimate of drug-likeness (QED) is 0.336. The monoisotopic (exact) mass is 521 g/mol. The van der Waals surface area contributed by atoms with E-state index >= 15 is 0 Å². The number of rotatable bonds is 9. The zero-order valence-corrected chi connectivity index (χ0v) is 18.4. The van der Waals surface area contributed by atoms with Gasteiger partial charge in [0.15, 0.2) is 0 Å². The maximum absolute atomic E-state index is 13.9. The number of hydrogen-bond donors (Lipinski definition) is 5. The fraction of sp³-hybridized carbons (Fsp3) is 0.294. The molecule has 0 aliphatic rings. The van der Waals surface area contributed by atoms with E-state index in [0.717, 1.165) is 12.1 Å². The number of aliphatic hydroxyl groups excluding tert-OH is 1. The zero-order chi connectivity index (χ0) is 23.1. The van der Waals surface area contributed by atoms with Crippen LogP contribution in [0.3, 0.4) is 0 Å². The van der Waals surface area contributed by atoms with E-state index in [2.05, 4.69) is 36.3 Å². The zero-order valence-electron chi connectivity index (χ0n) is 16.0. The third-order valence-electron chi connectivity index (χ3n) is 3.70. The number of aromatic nitrogens is 1. The molecule has 0 bridgehead atoms. The number of aliphatic hydroxyl groups is 1. The number of carbonyl (C=O) groups excluding carboxylic acids is 3. The molecule has 168 valence electrons. The highest BCUT2D eigenvalue weighted by Gasteiger charge is 2.23. The van der Waals surface area contributed by atoms with E-state index in [4.69, 9.17) is 10.5 Å². The Hall–Kier alpha value is -2.84. The molecule has 10 nitrogen and oxygen atoms in total. The molecule has 0 aliphatic carbocycles. The number of nitrogens with zero attached hydrogens (tertiary/aromatic N) is 1. The molecule has 2 rings (SSSR count). The fourth-order valence-electron chi connectivity index (χ4n) is 2.25. The van der Waals surface area contributed by atoms with Crippen LogP contribution in [0.1, 0.15) is 22.8 Å². The van der Waals surface area contributed by atoms with Gasteiger partial charge in [-0.15, -0.1) is 0 Å². The second-order valence-corrected chi connectivity index (χ2v) is 7.63. The number of primary amides is 1. The summed E-state index contributed by atoms with van der Waals surface area (Å²) in [6, 6.07) is 1.24. The Morgan fingerprint density at radius 1 is 1.29 bits per heavy atom. The molecular weight excluding hydrogens is 504 g/mol. The normalized spacial score (nSPS) is 11.5. The first-order valence-corrected chi connectivity index (χ1v) is 10.3. The summed E-state index contributed by atoms with van der Waals surface area (Å²) in [5.41, 5.74) is 4.61. The van der Waals surface area contributed by atoms with Crippen LogP contribution in [0.25, 0.3) is 0 Å². The van der Waals surface area contributed by atoms with Crippen LogP contribution in [0.2, 0.25) is 0 Å². The van der Waals surface area contributed by atoms with Crippen LogP contribution >= 0.6 is 27.5 Å². The molecule has 1 unspecified atom stereocenters. The summed E-state index contributed by atoms with van der Waals surface area (Å²) in [5, 5.41) is 16.5. The van der Waals surface area contributed by atoms with Crippen molar-refractivity contribution in [1.82, 2.24) is 15.0 Å². The Bertz CT molecular complexity index is 967. The van der Waals surface area contributed by atoms with Crippen LogP contribution in [-0.4, -0.2) is 46.5 Å². The minimum Gasteiger partial charge on any atom is -0.471 e. The van der Waals surface area contributed by atoms with Gasteiger partial charge in [0.2, 0.25) is 5.88 Å². The largest absolute Gasteiger partial charge is 0.471 e. The first kappa shape index (κ1) is 24.4. The first-order valence-electron chi connectivity index (χ1n) is 8.70. The summed E-state index contributed by atoms with van der Waals surface area (Å²) in [7, 11) is 0. The molecule has 4 amide bonds. The van der Waals surface area contributed by atoms with Crippen molar-refractivity contribution in [3.05, 3.63) is 39.4 Å². The van der Waals surface area contributed by atoms with Crippen molar-refractivity contribution in [2.75, 3.05) is 18.4 Å². The van der Waals surface area contributed by atoms with Gasteiger partial charge < -0.3 is 26.2 Å². The topological polar surface area (TPSA) is 156 Å². The highest BCUT2D eigenvalue weighted by Crippen LogP contribution is 2.31. The maximum atomic E-state index is 13.9. The first-order chi connectivity index (χ1) is 14.6. The molecule has 1 aromatic heterocycles. The number of amides is 4. The molecule has 0 spiro atoms. The summed E-state index contributed by atoms with van der Waals surface area (Å²) in [6.45, 7) is 0.994. The van der Waals surface area contributed by atoms with Crippen LogP contribution < -0.4 is 26.4 Å². The number of hydrogen-bond acceptors (Lipinski definition) is 7. The predicted octanol–water partition coefficient (Wildman–Crippen LogP) is 1.48. The number of likely N-dealkylation sites (N-methyl/N-ethyl adjacent to an activating group) is 1. The van der Waals surface area contributed by atoms with Crippen LogP contribution in [0.5, 0.6) is 5.88 Å². The number of urea groups is 1. The highest BCUT2D eigenvalue weighted by atomic mass is 79.9. The van der Waals surface area contributed by atoms with Gasteiger partial charge in [0, 0.05) is 11.0 Å². The maximum Gasteiger partial charge on any atom is 0.320 e. The molecule has 0 saturated heterocycles. The number of carbonyl (C=O) groups is 3. The summed E-state index contributed by atoms with van der Waals surface area (Å²) >= 11 is 3.60. The Kier molecular flexibility index (Phi) is 8.65. The smallest absolute Gasteiger partial charge is 0.320 e. The Labute approximate surface area is 187 Å². The Morgan fingerprint density at radius 2 is 1.94 bits per heavy atom. The van der Waals surface area contributed by atoms with Crippen molar-refractivity contribution in [1.29, 1.82) is 0 Å². The van der Waals surface area contributed by atoms with Crippen molar-refractivity contribution in [2.45, 2.75) is 19.6 Å². The molecular formula is C17H18BrF2N5O5S. The van der Waals surface area contributed by atoms with E-state index in [9.17, 15) is 28.3 Å². The van der Waals surface area contributed by atoms with Gasteiger partial charge >= 0.3 is 6.03 Å². The summed E-state index contributed by atoms with van der Waals surface area (Å²) < 4.78 is 37.1. The van der Waals surface area contributed by atoms with Gasteiger partial charge in [-0.05, 0) is 30.6 Å². The van der Waals surface area contributed by atoms with Crippen molar-refractivity contribution in [2.24, 2.45) is 5.73 Å². The van der Waals surface area contributed by atoms with Crippen LogP contribution in [-0.2, 0) is 11.4 Å². The molecule has 1 aromatic carbocycles. The molecule has 1 heterocycles. The average molecular weight is 522 g/mol. The molecule has 6 N–H and O–H groups in total. The third-order valence-corrected chi connectivity index (χ3v) is 4.91. The lowest BCUT2D eigenvalue weighted by atomic mass is 10.2. The van der Waals surface area contributed by atoms with Crippen LogP contribution in [0, 0.1) is 11.6 Å². The van der Waals surface area contributed by atoms with E-state index in [1.165, 1.54) is 0 Å². The van der Waals surface area contributed by atoms with Crippen molar-refractivity contribution < 1.29 is 33.0 Å². The number of nitrogens with two attached hydrogens (primary N) is 1. The van der Waals surface area contributed by atoms with E-state index < -0.39 is 54.3 Å². The van der Waals surface area contributed by atoms with Gasteiger partial charge in [-0.1, -0.05) is 15.9 Å². The SMILES string of the molecule is CCNC(=O)C(O)CNC(=O)Nc1snc(OCc2c(F)cc(Br)cc2F)c1C(N)=O. The fourth-order valence-corrected chi connectivity index (χ4v) is 3.39.